The van der Waals surface area contributed by atoms with E-state index in [1.807, 2.05) is 0 Å². The van der Waals surface area contributed by atoms with Gasteiger partial charge in [0.05, 0.1) is 0 Å². The third kappa shape index (κ3) is 1.23. The average Bonchev–Trinajstić information content (AvgIpc) is 1.81. The maximum atomic E-state index is 10.7. The van der Waals surface area contributed by atoms with Crippen molar-refractivity contribution >= 4 is 25.9 Å². The summed E-state index contributed by atoms with van der Waals surface area (Å²) < 4.78 is 72.9. The summed E-state index contributed by atoms with van der Waals surface area (Å²) in [4.78, 5) is 9.85. The van der Waals surface area contributed by atoms with Crippen LogP contribution in [-0.2, 0) is 25.9 Å². The molecule has 0 rings (SSSR count). The van der Waals surface area contributed by atoms with Crippen molar-refractivity contribution in [2.24, 2.45) is 0 Å². The molecule has 0 aromatic heterocycles. The molecule has 0 radical (unpaired) electrons. The Kier molecular flexibility index (Phi) is 2.55. The standard InChI is InChI=1S/H3NO10S3/c2-1(3)14(10,11,12(4,5)6)13(7,8)9/h(H,10,11)(H,4,5,6)(H,7,8,9). The van der Waals surface area contributed by atoms with Crippen LogP contribution in [0.5, 0.6) is 0 Å². The molecule has 0 aliphatic rings. The predicted molar refractivity (Wildman–Crippen MR) is 40.9 cm³/mol. The van der Waals surface area contributed by atoms with Gasteiger partial charge in [0.1, 0.15) is 0 Å². The molecule has 14 heavy (non-hydrogen) atoms. The Morgan fingerprint density at radius 2 is 1.29 bits per heavy atom. The summed E-state index contributed by atoms with van der Waals surface area (Å²) in [6, 6.07) is 0. The predicted octanol–water partition coefficient (Wildman–Crippen LogP) is -1.92. The molecule has 0 unspecified atom stereocenters. The average molecular weight is 273 g/mol. The summed E-state index contributed by atoms with van der Waals surface area (Å²) in [6.45, 7) is 0. The molecule has 0 aliphatic carbocycles. The highest BCUT2D eigenvalue weighted by Crippen LogP contribution is 2.34. The van der Waals surface area contributed by atoms with E-state index in [0.717, 1.165) is 0 Å². The Morgan fingerprint density at radius 3 is 1.29 bits per heavy atom. The molecule has 0 bridgehead atoms. The summed E-state index contributed by atoms with van der Waals surface area (Å²) >= 11 is 0. The van der Waals surface area contributed by atoms with E-state index in [1.54, 1.807) is 0 Å². The SMILES string of the molecule is O=[N+]([O-])S(=O)(O)(S(=O)(=O)O)S(=O)(=O)O. The zero-order valence-electron chi connectivity index (χ0n) is 5.87. The summed E-state index contributed by atoms with van der Waals surface area (Å²) in [5, 5.41) is 9.85. The van der Waals surface area contributed by atoms with E-state index < -0.39 is 30.2 Å². The second kappa shape index (κ2) is 2.67. The van der Waals surface area contributed by atoms with Gasteiger partial charge in [0.15, 0.2) is 4.33 Å². The smallest absolute Gasteiger partial charge is 0.266 e. The minimum absolute atomic E-state index is 2.69. The van der Waals surface area contributed by atoms with Crippen LogP contribution >= 0.6 is 0 Å². The summed E-state index contributed by atoms with van der Waals surface area (Å²) in [6.07, 6.45) is 0. The van der Waals surface area contributed by atoms with Gasteiger partial charge in [0.25, 0.3) is 0 Å². The van der Waals surface area contributed by atoms with Crippen LogP contribution in [0.4, 0.5) is 0 Å². The highest BCUT2D eigenvalue weighted by Gasteiger charge is 2.64. The van der Waals surface area contributed by atoms with Crippen LogP contribution in [0.15, 0.2) is 0 Å². The van der Waals surface area contributed by atoms with Gasteiger partial charge in [0.2, 0.25) is 7.60 Å². The molecule has 0 aromatic carbocycles. The van der Waals surface area contributed by atoms with Crippen molar-refractivity contribution in [3.05, 3.63) is 10.1 Å². The van der Waals surface area contributed by atoms with E-state index >= 15 is 0 Å². The lowest BCUT2D eigenvalue weighted by molar-refractivity contribution is -0.313. The van der Waals surface area contributed by atoms with Crippen molar-refractivity contribution in [1.29, 1.82) is 0 Å². The van der Waals surface area contributed by atoms with Crippen LogP contribution in [0.1, 0.15) is 0 Å². The number of nitrogens with zero attached hydrogens (tertiary/aromatic N) is 1. The van der Waals surface area contributed by atoms with E-state index in [9.17, 15) is 31.2 Å². The minimum atomic E-state index is -7.91. The lowest BCUT2D eigenvalue weighted by Crippen LogP contribution is -2.53. The zero-order chi connectivity index (χ0) is 12.0. The van der Waals surface area contributed by atoms with Gasteiger partial charge in [-0.2, -0.15) is 16.8 Å². The van der Waals surface area contributed by atoms with Crippen LogP contribution < -0.4 is 0 Å². The van der Waals surface area contributed by atoms with Gasteiger partial charge >= 0.3 is 18.3 Å². The fraction of sp³-hybridized carbons (Fsp3) is 0. The first-order chi connectivity index (χ1) is 5.75. The molecular weight excluding hydrogens is 270 g/mol. The minimum Gasteiger partial charge on any atom is -0.266 e. The molecule has 0 amide bonds. The van der Waals surface area contributed by atoms with E-state index in [-0.39, 0.29) is 0 Å². The van der Waals surface area contributed by atoms with Gasteiger partial charge < -0.3 is 0 Å². The van der Waals surface area contributed by atoms with Crippen LogP contribution in [0, 0.1) is 10.1 Å². The quantitative estimate of drug-likeness (QED) is 0.226. The molecule has 0 atom stereocenters. The molecule has 0 saturated carbocycles. The molecule has 0 heterocycles. The Morgan fingerprint density at radius 1 is 1.07 bits per heavy atom. The molecule has 86 valence electrons. The summed E-state index contributed by atoms with van der Waals surface area (Å²) in [5.41, 5.74) is 0. The highest BCUT2D eigenvalue weighted by atomic mass is 33.6. The van der Waals surface area contributed by atoms with Gasteiger partial charge in [-0.1, -0.05) is 0 Å². The monoisotopic (exact) mass is 273 g/mol. The number of rotatable bonds is 3. The maximum Gasteiger partial charge on any atom is 0.432 e. The fourth-order valence-electron chi connectivity index (χ4n) is 0.262. The van der Waals surface area contributed by atoms with Gasteiger partial charge in [-0.15, -0.1) is 4.21 Å². The van der Waals surface area contributed by atoms with E-state index in [0.29, 0.717) is 0 Å². The number of nitro groups is 1. The zero-order valence-corrected chi connectivity index (χ0v) is 8.32. The van der Waals surface area contributed by atoms with E-state index in [1.165, 1.54) is 0 Å². The van der Waals surface area contributed by atoms with Crippen LogP contribution in [0.2, 0.25) is 0 Å². The van der Waals surface area contributed by atoms with Crippen molar-refractivity contribution in [1.82, 2.24) is 0 Å². The highest BCUT2D eigenvalue weighted by molar-refractivity contribution is 9.05. The molecule has 0 aliphatic heterocycles. The molecule has 0 saturated heterocycles. The molecule has 3 N–H and O–H groups in total. The van der Waals surface area contributed by atoms with Crippen molar-refractivity contribution in [2.45, 2.75) is 0 Å². The van der Waals surface area contributed by atoms with Crippen LogP contribution in [0.3, 0.4) is 0 Å². The van der Waals surface area contributed by atoms with Gasteiger partial charge in [-0.3, -0.25) is 9.11 Å². The first-order valence-electron chi connectivity index (χ1n) is 2.26. The third-order valence-electron chi connectivity index (χ3n) is 0.970. The Hall–Kier alpha value is -0.670. The third-order valence-corrected chi connectivity index (χ3v) is 11.1. The van der Waals surface area contributed by atoms with Gasteiger partial charge in [-0.25, -0.2) is 14.7 Å². The van der Waals surface area contributed by atoms with Gasteiger partial charge in [0, 0.05) is 0 Å². The maximum absolute atomic E-state index is 10.7. The van der Waals surface area contributed by atoms with Crippen LogP contribution in [0.25, 0.3) is 0 Å². The number of hydrogen-bond donors (Lipinski definition) is 3. The second-order valence-electron chi connectivity index (χ2n) is 1.81. The Balaban J connectivity index is 6.72. The Bertz CT molecular complexity index is 492. The fourth-order valence-corrected chi connectivity index (χ4v) is 4.32. The largest absolute Gasteiger partial charge is 0.432 e. The van der Waals surface area contributed by atoms with E-state index in [2.05, 4.69) is 0 Å². The second-order valence-corrected chi connectivity index (χ2v) is 12.1. The lowest BCUT2D eigenvalue weighted by atomic mass is 13.4. The molecular formula is H3NO10S3. The molecule has 0 spiro atoms. The molecule has 0 fully saturated rings. The van der Waals surface area contributed by atoms with E-state index in [4.69, 9.17) is 13.7 Å². The first kappa shape index (κ1) is 13.3. The molecule has 0 aromatic rings. The first-order valence-corrected chi connectivity index (χ1v) is 8.06. The molecule has 11 nitrogen and oxygen atoms in total. The Labute approximate surface area is 75.5 Å². The number of hydrogen-bond acceptors (Lipinski definition) is 7. The van der Waals surface area contributed by atoms with Crippen molar-refractivity contribution in [2.75, 3.05) is 0 Å². The van der Waals surface area contributed by atoms with Crippen molar-refractivity contribution in [3.8, 4) is 0 Å². The lowest BCUT2D eigenvalue weighted by Gasteiger charge is -2.25. The summed E-state index contributed by atoms with van der Waals surface area (Å²) in [7, 11) is -21.0. The normalized spacial score (nSPS) is 16.9. The molecule has 14 heteroatoms. The van der Waals surface area contributed by atoms with Crippen molar-refractivity contribution in [3.63, 3.8) is 0 Å². The summed E-state index contributed by atoms with van der Waals surface area (Å²) in [5.74, 6) is 0. The van der Waals surface area contributed by atoms with Crippen molar-refractivity contribution < 1.29 is 39.0 Å². The van der Waals surface area contributed by atoms with Gasteiger partial charge in [-0.05, 0) is 0 Å². The van der Waals surface area contributed by atoms with Crippen LogP contribution in [-0.4, -0.2) is 39.0 Å². The topological polar surface area (TPSA) is 189 Å².